The topological polar surface area (TPSA) is 69.1 Å². The Bertz CT molecular complexity index is 597. The normalized spacial score (nSPS) is 12.8. The zero-order valence-electron chi connectivity index (χ0n) is 10.1. The summed E-state index contributed by atoms with van der Waals surface area (Å²) in [6, 6.07) is 3.55. The molecule has 1 atom stereocenters. The number of halogens is 1. The molecule has 0 aliphatic rings. The van der Waals surface area contributed by atoms with Crippen LogP contribution < -0.4 is 5.73 Å². The number of aryl methyl sites for hydroxylation is 1. The van der Waals surface area contributed by atoms with E-state index in [-0.39, 0.29) is 11.2 Å². The van der Waals surface area contributed by atoms with Gasteiger partial charge in [-0.25, -0.2) is 4.98 Å². The van der Waals surface area contributed by atoms with Crippen molar-refractivity contribution < 1.29 is 9.21 Å². The standard InChI is InChI=1S/C12H13ClN2O2S/c1-3-9(11(14)16)18-12-15-8-5-7(13)4-6(2)10(8)17-12/h4-5,9H,3H2,1-2H3,(H2,14,16). The first-order valence-electron chi connectivity index (χ1n) is 5.54. The van der Waals surface area contributed by atoms with E-state index in [0.717, 1.165) is 5.56 Å². The van der Waals surface area contributed by atoms with Crippen molar-refractivity contribution in [1.82, 2.24) is 4.98 Å². The van der Waals surface area contributed by atoms with Crippen molar-refractivity contribution in [2.45, 2.75) is 30.7 Å². The monoisotopic (exact) mass is 284 g/mol. The lowest BCUT2D eigenvalue weighted by Crippen LogP contribution is -2.24. The van der Waals surface area contributed by atoms with Gasteiger partial charge in [-0.1, -0.05) is 30.3 Å². The highest BCUT2D eigenvalue weighted by molar-refractivity contribution is 8.00. The van der Waals surface area contributed by atoms with E-state index in [1.54, 1.807) is 6.07 Å². The van der Waals surface area contributed by atoms with Crippen LogP contribution in [-0.2, 0) is 4.79 Å². The third kappa shape index (κ3) is 2.62. The number of nitrogens with zero attached hydrogens (tertiary/aromatic N) is 1. The fourth-order valence-electron chi connectivity index (χ4n) is 1.65. The summed E-state index contributed by atoms with van der Waals surface area (Å²) in [7, 11) is 0. The molecule has 2 aromatic rings. The predicted molar refractivity (Wildman–Crippen MR) is 72.9 cm³/mol. The number of nitrogens with two attached hydrogens (primary N) is 1. The van der Waals surface area contributed by atoms with Gasteiger partial charge in [-0.05, 0) is 31.0 Å². The van der Waals surface area contributed by atoms with E-state index in [0.29, 0.717) is 27.8 Å². The summed E-state index contributed by atoms with van der Waals surface area (Å²) < 4.78 is 5.62. The number of thioether (sulfide) groups is 1. The second-order valence-electron chi connectivity index (χ2n) is 3.97. The van der Waals surface area contributed by atoms with E-state index >= 15 is 0 Å². The molecular formula is C12H13ClN2O2S. The third-order valence-corrected chi connectivity index (χ3v) is 4.00. The largest absolute Gasteiger partial charge is 0.431 e. The van der Waals surface area contributed by atoms with Crippen LogP contribution in [0.5, 0.6) is 0 Å². The van der Waals surface area contributed by atoms with Crippen LogP contribution in [0.4, 0.5) is 0 Å². The molecule has 18 heavy (non-hydrogen) atoms. The number of carbonyl (C=O) groups excluding carboxylic acids is 1. The average Bonchev–Trinajstić information content (AvgIpc) is 2.68. The van der Waals surface area contributed by atoms with Gasteiger partial charge in [-0.2, -0.15) is 0 Å². The fraction of sp³-hybridized carbons (Fsp3) is 0.333. The van der Waals surface area contributed by atoms with Gasteiger partial charge in [0.25, 0.3) is 5.22 Å². The summed E-state index contributed by atoms with van der Waals surface area (Å²) in [5.74, 6) is -0.362. The Kier molecular flexibility index (Phi) is 3.82. The number of primary amides is 1. The summed E-state index contributed by atoms with van der Waals surface area (Å²) in [6.45, 7) is 3.80. The summed E-state index contributed by atoms with van der Waals surface area (Å²) in [5, 5.41) is 0.738. The maximum Gasteiger partial charge on any atom is 0.257 e. The van der Waals surface area contributed by atoms with Gasteiger partial charge in [0.2, 0.25) is 5.91 Å². The molecule has 0 saturated heterocycles. The molecule has 1 unspecified atom stereocenters. The molecule has 1 amide bonds. The zero-order chi connectivity index (χ0) is 13.3. The number of aromatic nitrogens is 1. The van der Waals surface area contributed by atoms with Crippen molar-refractivity contribution in [2.24, 2.45) is 5.73 Å². The molecule has 1 heterocycles. The molecule has 0 spiro atoms. The summed E-state index contributed by atoms with van der Waals surface area (Å²) in [4.78, 5) is 15.5. The molecular weight excluding hydrogens is 272 g/mol. The number of hydrogen-bond donors (Lipinski definition) is 1. The Morgan fingerprint density at radius 1 is 1.61 bits per heavy atom. The summed E-state index contributed by atoms with van der Waals surface area (Å²) in [6.07, 6.45) is 0.637. The van der Waals surface area contributed by atoms with E-state index in [1.165, 1.54) is 11.8 Å². The predicted octanol–water partition coefficient (Wildman–Crippen LogP) is 3.15. The fourth-order valence-corrected chi connectivity index (χ4v) is 2.73. The molecule has 0 aliphatic carbocycles. The van der Waals surface area contributed by atoms with Gasteiger partial charge in [0.1, 0.15) is 5.52 Å². The van der Waals surface area contributed by atoms with Crippen molar-refractivity contribution in [2.75, 3.05) is 0 Å². The highest BCUT2D eigenvalue weighted by atomic mass is 35.5. The van der Waals surface area contributed by atoms with E-state index in [9.17, 15) is 4.79 Å². The number of fused-ring (bicyclic) bond motifs is 1. The quantitative estimate of drug-likeness (QED) is 0.876. The lowest BCUT2D eigenvalue weighted by atomic mass is 10.2. The molecule has 1 aromatic heterocycles. The maximum atomic E-state index is 11.2. The Labute approximate surface area is 114 Å². The number of carbonyl (C=O) groups is 1. The number of benzene rings is 1. The van der Waals surface area contributed by atoms with Crippen LogP contribution in [-0.4, -0.2) is 16.1 Å². The Hall–Kier alpha value is -1.20. The minimum Gasteiger partial charge on any atom is -0.431 e. The maximum absolute atomic E-state index is 11.2. The summed E-state index contributed by atoms with van der Waals surface area (Å²) in [5.41, 5.74) is 7.61. The molecule has 4 nitrogen and oxygen atoms in total. The minimum atomic E-state index is -0.362. The van der Waals surface area contributed by atoms with Crippen molar-refractivity contribution in [3.05, 3.63) is 22.7 Å². The van der Waals surface area contributed by atoms with Crippen LogP contribution in [0.2, 0.25) is 5.02 Å². The van der Waals surface area contributed by atoms with Crippen LogP contribution >= 0.6 is 23.4 Å². The molecule has 2 rings (SSSR count). The van der Waals surface area contributed by atoms with Crippen LogP contribution in [0.25, 0.3) is 11.1 Å². The molecule has 0 saturated carbocycles. The van der Waals surface area contributed by atoms with E-state index in [2.05, 4.69) is 4.98 Å². The van der Waals surface area contributed by atoms with E-state index in [4.69, 9.17) is 21.8 Å². The Morgan fingerprint density at radius 3 is 2.94 bits per heavy atom. The molecule has 0 bridgehead atoms. The lowest BCUT2D eigenvalue weighted by Gasteiger charge is -2.05. The van der Waals surface area contributed by atoms with Gasteiger partial charge >= 0.3 is 0 Å². The summed E-state index contributed by atoms with van der Waals surface area (Å²) >= 11 is 7.20. The van der Waals surface area contributed by atoms with Crippen LogP contribution in [0.3, 0.4) is 0 Å². The molecule has 0 radical (unpaired) electrons. The third-order valence-electron chi connectivity index (χ3n) is 2.55. The van der Waals surface area contributed by atoms with E-state index in [1.807, 2.05) is 19.9 Å². The van der Waals surface area contributed by atoms with E-state index < -0.39 is 0 Å². The number of rotatable bonds is 4. The SMILES string of the molecule is CCC(Sc1nc2cc(Cl)cc(C)c2o1)C(N)=O. The molecule has 96 valence electrons. The highest BCUT2D eigenvalue weighted by Crippen LogP contribution is 2.31. The van der Waals surface area contributed by atoms with Crippen LogP contribution in [0.15, 0.2) is 21.8 Å². The van der Waals surface area contributed by atoms with Gasteiger partial charge in [-0.3, -0.25) is 4.79 Å². The highest BCUT2D eigenvalue weighted by Gasteiger charge is 2.19. The minimum absolute atomic E-state index is 0.325. The first-order valence-corrected chi connectivity index (χ1v) is 6.79. The average molecular weight is 285 g/mol. The molecule has 2 N–H and O–H groups in total. The zero-order valence-corrected chi connectivity index (χ0v) is 11.6. The van der Waals surface area contributed by atoms with Crippen LogP contribution in [0.1, 0.15) is 18.9 Å². The van der Waals surface area contributed by atoms with Crippen molar-refractivity contribution in [1.29, 1.82) is 0 Å². The van der Waals surface area contributed by atoms with Crippen molar-refractivity contribution in [3.8, 4) is 0 Å². The Morgan fingerprint density at radius 2 is 2.33 bits per heavy atom. The van der Waals surface area contributed by atoms with Gasteiger partial charge in [0, 0.05) is 5.02 Å². The van der Waals surface area contributed by atoms with Gasteiger partial charge in [0.15, 0.2) is 5.58 Å². The van der Waals surface area contributed by atoms with Gasteiger partial charge in [-0.15, -0.1) is 0 Å². The Balaban J connectivity index is 2.36. The van der Waals surface area contributed by atoms with Crippen molar-refractivity contribution in [3.63, 3.8) is 0 Å². The number of amides is 1. The molecule has 0 fully saturated rings. The molecule has 6 heteroatoms. The number of hydrogen-bond acceptors (Lipinski definition) is 4. The lowest BCUT2D eigenvalue weighted by molar-refractivity contribution is -0.117. The second kappa shape index (κ2) is 5.20. The first-order chi connectivity index (χ1) is 8.51. The second-order valence-corrected chi connectivity index (χ2v) is 5.56. The van der Waals surface area contributed by atoms with Crippen LogP contribution in [0, 0.1) is 6.92 Å². The molecule has 1 aromatic carbocycles. The van der Waals surface area contributed by atoms with Crippen molar-refractivity contribution >= 4 is 40.4 Å². The smallest absolute Gasteiger partial charge is 0.257 e. The molecule has 0 aliphatic heterocycles. The number of oxazole rings is 1. The first kappa shape index (κ1) is 13.2. The van der Waals surface area contributed by atoms with Gasteiger partial charge < -0.3 is 10.2 Å². The van der Waals surface area contributed by atoms with Gasteiger partial charge in [0.05, 0.1) is 5.25 Å².